The second-order valence-corrected chi connectivity index (χ2v) is 10.0. The molecule has 4 nitrogen and oxygen atoms in total. The number of allylic oxidation sites excluding steroid dienone is 2. The average molecular weight is 480 g/mol. The van der Waals surface area contributed by atoms with Crippen molar-refractivity contribution in [3.05, 3.63) is 107 Å². The molecule has 0 aromatic heterocycles. The van der Waals surface area contributed by atoms with Gasteiger partial charge in [-0.25, -0.2) is 0 Å². The molecule has 2 atom stereocenters. The molecule has 3 aromatic carbocycles. The standard InChI is InChI=1S/C32H33NO3/c1-4-36-27-16-14-26(15-17-27)33-29-18-25(23-8-6-5-7-9-23)19-30(34)32(29)28(20-31(33)35)24-12-10-22(11-13-24)21(2)3/h5-17,21,25,28H,4,18-20H2,1-3H3. The fourth-order valence-corrected chi connectivity index (χ4v) is 5.55. The van der Waals surface area contributed by atoms with Gasteiger partial charge in [-0.2, -0.15) is 0 Å². The zero-order valence-electron chi connectivity index (χ0n) is 21.2. The van der Waals surface area contributed by atoms with Crippen molar-refractivity contribution in [2.75, 3.05) is 11.5 Å². The minimum atomic E-state index is -0.211. The number of hydrogen-bond acceptors (Lipinski definition) is 3. The fourth-order valence-electron chi connectivity index (χ4n) is 5.55. The summed E-state index contributed by atoms with van der Waals surface area (Å²) in [6.07, 6.45) is 1.41. The summed E-state index contributed by atoms with van der Waals surface area (Å²) in [6.45, 7) is 6.87. The van der Waals surface area contributed by atoms with Crippen molar-refractivity contribution in [3.8, 4) is 5.75 Å². The Hall–Kier alpha value is -3.66. The van der Waals surface area contributed by atoms with Gasteiger partial charge in [-0.3, -0.25) is 14.5 Å². The van der Waals surface area contributed by atoms with Gasteiger partial charge >= 0.3 is 0 Å². The minimum Gasteiger partial charge on any atom is -0.494 e. The third kappa shape index (κ3) is 4.60. The molecule has 0 N–H and O–H groups in total. The summed E-state index contributed by atoms with van der Waals surface area (Å²) in [4.78, 5) is 29.3. The third-order valence-corrected chi connectivity index (χ3v) is 7.41. The Kier molecular flexibility index (Phi) is 6.77. The highest BCUT2D eigenvalue weighted by Crippen LogP contribution is 2.47. The first kappa shape index (κ1) is 24.1. The maximum absolute atomic E-state index is 13.8. The molecular weight excluding hydrogens is 446 g/mol. The Balaban J connectivity index is 1.59. The van der Waals surface area contributed by atoms with Crippen molar-refractivity contribution >= 4 is 17.4 Å². The molecule has 36 heavy (non-hydrogen) atoms. The molecule has 1 amide bonds. The van der Waals surface area contributed by atoms with Crippen LogP contribution in [0.5, 0.6) is 5.75 Å². The van der Waals surface area contributed by atoms with Crippen LogP contribution < -0.4 is 9.64 Å². The first-order valence-corrected chi connectivity index (χ1v) is 12.9. The van der Waals surface area contributed by atoms with E-state index in [-0.39, 0.29) is 29.9 Å². The van der Waals surface area contributed by atoms with Crippen LogP contribution in [0.3, 0.4) is 0 Å². The second kappa shape index (κ2) is 10.1. The second-order valence-electron chi connectivity index (χ2n) is 10.0. The molecular formula is C32H33NO3. The Morgan fingerprint density at radius 1 is 0.833 bits per heavy atom. The highest BCUT2D eigenvalue weighted by Gasteiger charge is 2.42. The lowest BCUT2D eigenvalue weighted by Crippen LogP contribution is -2.41. The van der Waals surface area contributed by atoms with Crippen LogP contribution in [0, 0.1) is 0 Å². The van der Waals surface area contributed by atoms with E-state index in [2.05, 4.69) is 50.2 Å². The summed E-state index contributed by atoms with van der Waals surface area (Å²) in [5.74, 6) is 1.21. The fraction of sp³-hybridized carbons (Fsp3) is 0.312. The molecule has 0 fully saturated rings. The predicted molar refractivity (Wildman–Crippen MR) is 143 cm³/mol. The van der Waals surface area contributed by atoms with Crippen molar-refractivity contribution in [3.63, 3.8) is 0 Å². The van der Waals surface area contributed by atoms with E-state index in [1.54, 1.807) is 4.90 Å². The number of carbonyl (C=O) groups excluding carboxylic acids is 2. The maximum Gasteiger partial charge on any atom is 0.232 e. The molecule has 1 aliphatic heterocycles. The summed E-state index contributed by atoms with van der Waals surface area (Å²) in [7, 11) is 0. The van der Waals surface area contributed by atoms with Gasteiger partial charge in [-0.05, 0) is 66.1 Å². The lowest BCUT2D eigenvalue weighted by molar-refractivity contribution is -0.120. The zero-order valence-corrected chi connectivity index (χ0v) is 21.2. The van der Waals surface area contributed by atoms with Crippen LogP contribution in [0.4, 0.5) is 5.69 Å². The van der Waals surface area contributed by atoms with Crippen LogP contribution in [-0.4, -0.2) is 18.3 Å². The van der Waals surface area contributed by atoms with Gasteiger partial charge in [0.1, 0.15) is 5.75 Å². The Bertz CT molecular complexity index is 1270. The van der Waals surface area contributed by atoms with Gasteiger partial charge in [-0.1, -0.05) is 68.4 Å². The monoisotopic (exact) mass is 479 g/mol. The van der Waals surface area contributed by atoms with Gasteiger partial charge in [0.2, 0.25) is 5.91 Å². The van der Waals surface area contributed by atoms with Gasteiger partial charge in [-0.15, -0.1) is 0 Å². The van der Waals surface area contributed by atoms with Gasteiger partial charge < -0.3 is 4.74 Å². The van der Waals surface area contributed by atoms with E-state index in [9.17, 15) is 9.59 Å². The van der Waals surface area contributed by atoms with Gasteiger partial charge in [0.15, 0.2) is 5.78 Å². The van der Waals surface area contributed by atoms with E-state index in [1.807, 2.05) is 49.4 Å². The van der Waals surface area contributed by atoms with Crippen molar-refractivity contribution in [2.45, 2.75) is 57.8 Å². The Morgan fingerprint density at radius 3 is 2.17 bits per heavy atom. The van der Waals surface area contributed by atoms with Crippen LogP contribution >= 0.6 is 0 Å². The number of carbonyl (C=O) groups is 2. The first-order valence-electron chi connectivity index (χ1n) is 12.9. The highest BCUT2D eigenvalue weighted by atomic mass is 16.5. The molecule has 3 aromatic rings. The van der Waals surface area contributed by atoms with Crippen LogP contribution in [-0.2, 0) is 9.59 Å². The quantitative estimate of drug-likeness (QED) is 0.378. The van der Waals surface area contributed by atoms with Crippen molar-refractivity contribution in [2.24, 2.45) is 0 Å². The summed E-state index contributed by atoms with van der Waals surface area (Å²) in [6, 6.07) is 26.3. The topological polar surface area (TPSA) is 46.6 Å². The van der Waals surface area contributed by atoms with E-state index in [0.717, 1.165) is 33.8 Å². The van der Waals surface area contributed by atoms with Gasteiger partial charge in [0.25, 0.3) is 0 Å². The van der Waals surface area contributed by atoms with E-state index < -0.39 is 0 Å². The molecule has 2 unspecified atom stereocenters. The predicted octanol–water partition coefficient (Wildman–Crippen LogP) is 7.13. The normalized spacial score (nSPS) is 20.1. The molecule has 0 radical (unpaired) electrons. The molecule has 0 bridgehead atoms. The first-order chi connectivity index (χ1) is 17.5. The van der Waals surface area contributed by atoms with Crippen LogP contribution in [0.1, 0.15) is 74.5 Å². The Labute approximate surface area is 213 Å². The molecule has 2 aliphatic rings. The number of ketones is 1. The largest absolute Gasteiger partial charge is 0.494 e. The van der Waals surface area contributed by atoms with Gasteiger partial charge in [0.05, 0.1) is 6.61 Å². The number of hydrogen-bond donors (Lipinski definition) is 0. The molecule has 5 rings (SSSR count). The summed E-state index contributed by atoms with van der Waals surface area (Å²) >= 11 is 0. The molecule has 0 spiro atoms. The van der Waals surface area contributed by atoms with E-state index in [1.165, 1.54) is 5.56 Å². The molecule has 1 aliphatic carbocycles. The SMILES string of the molecule is CCOc1ccc(N2C(=O)CC(c3ccc(C(C)C)cc3)C3=C2CC(c2ccccc2)CC3=O)cc1. The van der Waals surface area contributed by atoms with Crippen molar-refractivity contribution < 1.29 is 14.3 Å². The lowest BCUT2D eigenvalue weighted by Gasteiger charge is -2.40. The lowest BCUT2D eigenvalue weighted by atomic mass is 9.72. The summed E-state index contributed by atoms with van der Waals surface area (Å²) < 4.78 is 5.61. The third-order valence-electron chi connectivity index (χ3n) is 7.41. The van der Waals surface area contributed by atoms with E-state index in [0.29, 0.717) is 25.4 Å². The summed E-state index contributed by atoms with van der Waals surface area (Å²) in [5, 5.41) is 0. The molecule has 184 valence electrons. The number of rotatable bonds is 6. The average Bonchev–Trinajstić information content (AvgIpc) is 2.89. The highest BCUT2D eigenvalue weighted by molar-refractivity contribution is 6.08. The van der Waals surface area contributed by atoms with E-state index >= 15 is 0 Å². The van der Waals surface area contributed by atoms with Crippen molar-refractivity contribution in [1.82, 2.24) is 0 Å². The van der Waals surface area contributed by atoms with Crippen LogP contribution in [0.2, 0.25) is 0 Å². The maximum atomic E-state index is 13.8. The number of Topliss-reactive ketones (excluding diaryl/α,β-unsaturated/α-hetero) is 1. The number of benzene rings is 3. The minimum absolute atomic E-state index is 0.0253. The van der Waals surface area contributed by atoms with E-state index in [4.69, 9.17) is 4.74 Å². The number of amides is 1. The summed E-state index contributed by atoms with van der Waals surface area (Å²) in [5.41, 5.74) is 5.86. The molecule has 1 heterocycles. The number of anilines is 1. The molecule has 0 saturated carbocycles. The van der Waals surface area contributed by atoms with Crippen molar-refractivity contribution in [1.29, 1.82) is 0 Å². The number of nitrogens with zero attached hydrogens (tertiary/aromatic N) is 1. The van der Waals surface area contributed by atoms with Gasteiger partial charge in [0, 0.05) is 35.7 Å². The van der Waals surface area contributed by atoms with Crippen LogP contribution in [0.15, 0.2) is 90.1 Å². The smallest absolute Gasteiger partial charge is 0.232 e. The number of ether oxygens (including phenoxy) is 1. The molecule has 0 saturated heterocycles. The molecule has 4 heteroatoms. The zero-order chi connectivity index (χ0) is 25.2. The Morgan fingerprint density at radius 2 is 1.53 bits per heavy atom. The van der Waals surface area contributed by atoms with Crippen LogP contribution in [0.25, 0.3) is 0 Å².